The Morgan fingerprint density at radius 2 is 1.94 bits per heavy atom. The lowest BCUT2D eigenvalue weighted by molar-refractivity contribution is 0.145. The molecule has 0 heterocycles. The summed E-state index contributed by atoms with van der Waals surface area (Å²) >= 11 is 0. The van der Waals surface area contributed by atoms with Crippen LogP contribution in [-0.2, 0) is 4.74 Å². The van der Waals surface area contributed by atoms with Crippen molar-refractivity contribution in [1.29, 1.82) is 0 Å². The van der Waals surface area contributed by atoms with Gasteiger partial charge in [-0.05, 0) is 33.0 Å². The van der Waals surface area contributed by atoms with Crippen LogP contribution in [0.5, 0.6) is 0 Å². The van der Waals surface area contributed by atoms with Crippen molar-refractivity contribution >= 4 is 0 Å². The largest absolute Gasteiger partial charge is 0.383 e. The van der Waals surface area contributed by atoms with Crippen molar-refractivity contribution in [3.8, 4) is 0 Å². The Hall–Kier alpha value is -0.120. The smallest absolute Gasteiger partial charge is 0.0628 e. The Bertz CT molecular complexity index is 142. The first-order valence-electron chi connectivity index (χ1n) is 6.65. The molecule has 3 nitrogen and oxygen atoms in total. The van der Waals surface area contributed by atoms with Crippen molar-refractivity contribution in [2.45, 2.75) is 45.6 Å². The number of unbranched alkanes of at least 4 members (excludes halogenated alkanes) is 2. The highest BCUT2D eigenvalue weighted by atomic mass is 16.5. The molecule has 3 heteroatoms. The van der Waals surface area contributed by atoms with E-state index in [1.165, 1.54) is 32.2 Å². The summed E-state index contributed by atoms with van der Waals surface area (Å²) in [7, 11) is 3.98. The maximum atomic E-state index is 5.24. The highest BCUT2D eigenvalue weighted by Gasteiger charge is 2.09. The minimum absolute atomic E-state index is 0.469. The first-order chi connectivity index (χ1) is 7.74. The zero-order valence-corrected chi connectivity index (χ0v) is 11.6. The van der Waals surface area contributed by atoms with Crippen LogP contribution in [0.15, 0.2) is 0 Å². The molecule has 16 heavy (non-hydrogen) atoms. The number of nitrogens with zero attached hydrogens (tertiary/aromatic N) is 1. The van der Waals surface area contributed by atoms with Crippen molar-refractivity contribution in [2.75, 3.05) is 40.4 Å². The maximum Gasteiger partial charge on any atom is 0.0628 e. The lowest BCUT2D eigenvalue weighted by Gasteiger charge is -2.24. The third kappa shape index (κ3) is 9.13. The highest BCUT2D eigenvalue weighted by molar-refractivity contribution is 4.69. The molecule has 0 saturated carbocycles. The summed E-state index contributed by atoms with van der Waals surface area (Å²) in [6.07, 6.45) is 5.12. The van der Waals surface area contributed by atoms with E-state index in [1.54, 1.807) is 7.11 Å². The lowest BCUT2D eigenvalue weighted by Crippen LogP contribution is -2.43. The molecule has 0 radical (unpaired) electrons. The van der Waals surface area contributed by atoms with Crippen LogP contribution >= 0.6 is 0 Å². The van der Waals surface area contributed by atoms with Gasteiger partial charge in [0.2, 0.25) is 0 Å². The predicted octanol–water partition coefficient (Wildman–Crippen LogP) is 2.12. The van der Waals surface area contributed by atoms with Gasteiger partial charge in [0.1, 0.15) is 0 Å². The van der Waals surface area contributed by atoms with E-state index >= 15 is 0 Å². The van der Waals surface area contributed by atoms with E-state index < -0.39 is 0 Å². The summed E-state index contributed by atoms with van der Waals surface area (Å²) in [5, 5.41) is 3.52. The Morgan fingerprint density at radius 1 is 1.19 bits per heavy atom. The van der Waals surface area contributed by atoms with Crippen molar-refractivity contribution in [2.24, 2.45) is 0 Å². The number of rotatable bonds is 11. The van der Waals surface area contributed by atoms with Gasteiger partial charge < -0.3 is 15.0 Å². The van der Waals surface area contributed by atoms with Gasteiger partial charge in [0, 0.05) is 19.7 Å². The summed E-state index contributed by atoms with van der Waals surface area (Å²) in [4.78, 5) is 2.40. The molecule has 0 aliphatic heterocycles. The third-order valence-electron chi connectivity index (χ3n) is 2.73. The van der Waals surface area contributed by atoms with Crippen LogP contribution in [0.2, 0.25) is 0 Å². The van der Waals surface area contributed by atoms with Crippen LogP contribution in [0.25, 0.3) is 0 Å². The number of ether oxygens (including phenoxy) is 1. The molecule has 0 amide bonds. The molecular weight excluding hydrogens is 200 g/mol. The van der Waals surface area contributed by atoms with Crippen LogP contribution in [0.4, 0.5) is 0 Å². The van der Waals surface area contributed by atoms with E-state index in [2.05, 4.69) is 31.1 Å². The monoisotopic (exact) mass is 230 g/mol. The van der Waals surface area contributed by atoms with Crippen molar-refractivity contribution in [1.82, 2.24) is 10.2 Å². The van der Waals surface area contributed by atoms with Gasteiger partial charge in [0.25, 0.3) is 0 Å². The molecule has 0 aliphatic rings. The van der Waals surface area contributed by atoms with Crippen molar-refractivity contribution in [3.05, 3.63) is 0 Å². The van der Waals surface area contributed by atoms with E-state index in [9.17, 15) is 0 Å². The topological polar surface area (TPSA) is 24.5 Å². The molecule has 0 aromatic carbocycles. The quantitative estimate of drug-likeness (QED) is 0.550. The van der Waals surface area contributed by atoms with Crippen molar-refractivity contribution < 1.29 is 4.74 Å². The fourth-order valence-corrected chi connectivity index (χ4v) is 1.83. The second kappa shape index (κ2) is 11.4. The van der Waals surface area contributed by atoms with Crippen LogP contribution in [0.1, 0.15) is 39.5 Å². The van der Waals surface area contributed by atoms with Gasteiger partial charge in [-0.1, -0.05) is 26.7 Å². The minimum Gasteiger partial charge on any atom is -0.383 e. The number of methoxy groups -OCH3 is 1. The summed E-state index contributed by atoms with van der Waals surface area (Å²) in [5.41, 5.74) is 0. The predicted molar refractivity (Wildman–Crippen MR) is 71.0 cm³/mol. The van der Waals surface area contributed by atoms with Crippen LogP contribution in [0.3, 0.4) is 0 Å². The SMILES string of the molecule is CCCCCN(C)CC(COC)NCCC. The molecule has 0 bridgehead atoms. The van der Waals surface area contributed by atoms with Gasteiger partial charge in [0.15, 0.2) is 0 Å². The molecule has 0 aromatic heterocycles. The summed E-state index contributed by atoms with van der Waals surface area (Å²) in [5.74, 6) is 0. The highest BCUT2D eigenvalue weighted by Crippen LogP contribution is 1.98. The standard InChI is InChI=1S/C13H30N2O/c1-5-7-8-10-15(3)11-13(12-16-4)14-9-6-2/h13-14H,5-12H2,1-4H3. The van der Waals surface area contributed by atoms with Gasteiger partial charge in [-0.2, -0.15) is 0 Å². The first kappa shape index (κ1) is 15.9. The summed E-state index contributed by atoms with van der Waals surface area (Å²) in [6, 6.07) is 0.469. The minimum atomic E-state index is 0.469. The molecule has 0 aromatic rings. The first-order valence-corrected chi connectivity index (χ1v) is 6.65. The second-order valence-electron chi connectivity index (χ2n) is 4.58. The fraction of sp³-hybridized carbons (Fsp3) is 1.00. The molecule has 1 atom stereocenters. The Balaban J connectivity index is 3.68. The molecule has 0 saturated heterocycles. The molecule has 1 unspecified atom stereocenters. The van der Waals surface area contributed by atoms with Gasteiger partial charge >= 0.3 is 0 Å². The van der Waals surface area contributed by atoms with Gasteiger partial charge in [-0.15, -0.1) is 0 Å². The van der Waals surface area contributed by atoms with E-state index in [4.69, 9.17) is 4.74 Å². The maximum absolute atomic E-state index is 5.24. The van der Waals surface area contributed by atoms with Crippen LogP contribution in [0, 0.1) is 0 Å². The van der Waals surface area contributed by atoms with Gasteiger partial charge in [-0.3, -0.25) is 0 Å². The normalized spacial score (nSPS) is 13.3. The van der Waals surface area contributed by atoms with E-state index in [-0.39, 0.29) is 0 Å². The zero-order chi connectivity index (χ0) is 12.2. The van der Waals surface area contributed by atoms with E-state index in [0.29, 0.717) is 6.04 Å². The molecule has 0 spiro atoms. The van der Waals surface area contributed by atoms with Crippen molar-refractivity contribution in [3.63, 3.8) is 0 Å². The molecular formula is C13H30N2O. The number of likely N-dealkylation sites (N-methyl/N-ethyl adjacent to an activating group) is 1. The van der Waals surface area contributed by atoms with Crippen LogP contribution < -0.4 is 5.32 Å². The number of hydrogen-bond acceptors (Lipinski definition) is 3. The average Bonchev–Trinajstić information content (AvgIpc) is 2.26. The van der Waals surface area contributed by atoms with Crippen LogP contribution in [-0.4, -0.2) is 51.3 Å². The number of nitrogens with one attached hydrogen (secondary N) is 1. The Labute approximate surface area is 102 Å². The number of hydrogen-bond donors (Lipinski definition) is 1. The summed E-state index contributed by atoms with van der Waals surface area (Å²) in [6.45, 7) is 8.60. The zero-order valence-electron chi connectivity index (χ0n) is 11.6. The van der Waals surface area contributed by atoms with E-state index in [1.807, 2.05) is 0 Å². The lowest BCUT2D eigenvalue weighted by atomic mass is 10.2. The fourth-order valence-electron chi connectivity index (χ4n) is 1.83. The van der Waals surface area contributed by atoms with E-state index in [0.717, 1.165) is 19.7 Å². The Kier molecular flexibility index (Phi) is 11.3. The Morgan fingerprint density at radius 3 is 2.50 bits per heavy atom. The third-order valence-corrected chi connectivity index (χ3v) is 2.73. The van der Waals surface area contributed by atoms with Gasteiger partial charge in [0.05, 0.1) is 6.61 Å². The average molecular weight is 230 g/mol. The molecule has 98 valence electrons. The molecule has 0 fully saturated rings. The molecule has 0 aliphatic carbocycles. The molecule has 0 rings (SSSR count). The van der Waals surface area contributed by atoms with Gasteiger partial charge in [-0.25, -0.2) is 0 Å². The summed E-state index contributed by atoms with van der Waals surface area (Å²) < 4.78 is 5.24. The molecule has 1 N–H and O–H groups in total. The second-order valence-corrected chi connectivity index (χ2v) is 4.58.